The van der Waals surface area contributed by atoms with Gasteiger partial charge in [-0.25, -0.2) is 9.19 Å². The first-order chi connectivity index (χ1) is 7.70. The van der Waals surface area contributed by atoms with Crippen molar-refractivity contribution in [1.29, 1.82) is 0 Å². The van der Waals surface area contributed by atoms with Gasteiger partial charge in [-0.2, -0.15) is 0 Å². The van der Waals surface area contributed by atoms with E-state index < -0.39 is 17.5 Å². The van der Waals surface area contributed by atoms with E-state index in [1.165, 1.54) is 0 Å². The van der Waals surface area contributed by atoms with Gasteiger partial charge in [0.1, 0.15) is 16.3 Å². The fourth-order valence-corrected chi connectivity index (χ4v) is 2.22. The summed E-state index contributed by atoms with van der Waals surface area (Å²) in [6, 6.07) is 5.00. The molecule has 0 bridgehead atoms. The lowest BCUT2D eigenvalue weighted by atomic mass is 10.3. The zero-order valence-electron chi connectivity index (χ0n) is 8.48. The molecule has 86 valence electrons. The average molecular weight is 242 g/mol. The van der Waals surface area contributed by atoms with Gasteiger partial charge in [-0.15, -0.1) is 0 Å². The summed E-state index contributed by atoms with van der Waals surface area (Å²) in [5.74, 6) is 0.221. The largest absolute Gasteiger partial charge is 0.430 e. The van der Waals surface area contributed by atoms with E-state index in [0.717, 1.165) is 0 Å². The van der Waals surface area contributed by atoms with Gasteiger partial charge >= 0.3 is 0 Å². The second-order valence-electron chi connectivity index (χ2n) is 3.30. The highest BCUT2D eigenvalue weighted by atomic mass is 32.2. The standard InChI is InChI=1S/C10H11FN2O2S/c11-4-1-5-16(14)10-13-8-6-7(12)2-3-9(8)15-10/h2-3,6H,1,4-5,12H2. The van der Waals surface area contributed by atoms with E-state index in [2.05, 4.69) is 4.98 Å². The molecule has 0 aliphatic rings. The minimum absolute atomic E-state index is 0.133. The van der Waals surface area contributed by atoms with Crippen molar-refractivity contribution >= 4 is 27.6 Å². The van der Waals surface area contributed by atoms with Crippen molar-refractivity contribution in [1.82, 2.24) is 4.98 Å². The molecule has 0 aliphatic carbocycles. The molecular weight excluding hydrogens is 231 g/mol. The van der Waals surface area contributed by atoms with Crippen LogP contribution in [0.5, 0.6) is 0 Å². The number of rotatable bonds is 4. The number of benzene rings is 1. The highest BCUT2D eigenvalue weighted by Crippen LogP contribution is 2.20. The summed E-state index contributed by atoms with van der Waals surface area (Å²) >= 11 is 0. The molecule has 0 radical (unpaired) electrons. The number of hydrogen-bond acceptors (Lipinski definition) is 4. The predicted octanol–water partition coefficient (Wildman–Crippen LogP) is 1.88. The fraction of sp³-hybridized carbons (Fsp3) is 0.300. The Morgan fingerprint density at radius 2 is 2.31 bits per heavy atom. The topological polar surface area (TPSA) is 69.1 Å². The Bertz CT molecular complexity index is 527. The summed E-state index contributed by atoms with van der Waals surface area (Å²) in [4.78, 5) is 4.06. The van der Waals surface area contributed by atoms with Crippen molar-refractivity contribution in [2.45, 2.75) is 11.6 Å². The summed E-state index contributed by atoms with van der Waals surface area (Å²) in [6.07, 6.45) is 0.244. The Morgan fingerprint density at radius 1 is 1.50 bits per heavy atom. The van der Waals surface area contributed by atoms with E-state index in [4.69, 9.17) is 10.2 Å². The second kappa shape index (κ2) is 4.61. The molecule has 6 heteroatoms. The third-order valence-corrected chi connectivity index (χ3v) is 3.27. The number of anilines is 1. The summed E-state index contributed by atoms with van der Waals surface area (Å²) < 4.78 is 28.8. The van der Waals surface area contributed by atoms with Gasteiger partial charge in [-0.3, -0.25) is 4.39 Å². The molecule has 1 aromatic heterocycles. The number of nitrogens with zero attached hydrogens (tertiary/aromatic N) is 1. The van der Waals surface area contributed by atoms with Crippen LogP contribution in [-0.2, 0) is 10.8 Å². The summed E-state index contributed by atoms with van der Waals surface area (Å²) in [5.41, 5.74) is 7.27. The summed E-state index contributed by atoms with van der Waals surface area (Å²) in [5, 5.41) is 0.133. The van der Waals surface area contributed by atoms with Gasteiger partial charge in [-0.05, 0) is 24.6 Å². The first-order valence-electron chi connectivity index (χ1n) is 4.81. The number of hydrogen-bond donors (Lipinski definition) is 1. The molecule has 1 unspecified atom stereocenters. The molecule has 2 N–H and O–H groups in total. The minimum atomic E-state index is -1.38. The van der Waals surface area contributed by atoms with Crippen LogP contribution in [-0.4, -0.2) is 21.6 Å². The maximum atomic E-state index is 11.9. The number of alkyl halides is 1. The normalized spacial score (nSPS) is 13.1. The Labute approximate surface area is 94.1 Å². The molecule has 1 atom stereocenters. The molecule has 4 nitrogen and oxygen atoms in total. The molecule has 1 aromatic carbocycles. The van der Waals surface area contributed by atoms with Crippen LogP contribution in [0.2, 0.25) is 0 Å². The zero-order valence-corrected chi connectivity index (χ0v) is 9.30. The second-order valence-corrected chi connectivity index (χ2v) is 4.75. The smallest absolute Gasteiger partial charge is 0.287 e. The van der Waals surface area contributed by atoms with Crippen LogP contribution in [0, 0.1) is 0 Å². The molecule has 0 amide bonds. The number of oxazole rings is 1. The lowest BCUT2D eigenvalue weighted by Gasteiger charge is -1.92. The van der Waals surface area contributed by atoms with E-state index >= 15 is 0 Å². The molecule has 1 heterocycles. The van der Waals surface area contributed by atoms with E-state index in [-0.39, 0.29) is 17.4 Å². The molecular formula is C10H11FN2O2S. The third kappa shape index (κ3) is 2.21. The summed E-state index contributed by atoms with van der Waals surface area (Å²) in [6.45, 7) is -0.487. The van der Waals surface area contributed by atoms with Gasteiger partial charge < -0.3 is 10.2 Å². The van der Waals surface area contributed by atoms with E-state index in [9.17, 15) is 8.60 Å². The molecule has 2 rings (SSSR count). The zero-order chi connectivity index (χ0) is 11.5. The van der Waals surface area contributed by atoms with E-state index in [0.29, 0.717) is 16.8 Å². The Balaban J connectivity index is 2.28. The number of fused-ring (bicyclic) bond motifs is 1. The third-order valence-electron chi connectivity index (χ3n) is 2.05. The van der Waals surface area contributed by atoms with Crippen LogP contribution in [0.1, 0.15) is 6.42 Å². The quantitative estimate of drug-likeness (QED) is 0.831. The van der Waals surface area contributed by atoms with Crippen LogP contribution < -0.4 is 5.73 Å². The van der Waals surface area contributed by atoms with Crippen LogP contribution in [0.15, 0.2) is 27.8 Å². The van der Waals surface area contributed by atoms with E-state index in [1.54, 1.807) is 18.2 Å². The first-order valence-corrected chi connectivity index (χ1v) is 6.13. The maximum absolute atomic E-state index is 11.9. The van der Waals surface area contributed by atoms with Crippen LogP contribution >= 0.6 is 0 Å². The highest BCUT2D eigenvalue weighted by Gasteiger charge is 2.12. The lowest BCUT2D eigenvalue weighted by Crippen LogP contribution is -1.98. The van der Waals surface area contributed by atoms with Crippen molar-refractivity contribution < 1.29 is 13.0 Å². The van der Waals surface area contributed by atoms with Crippen LogP contribution in [0.4, 0.5) is 10.1 Å². The molecule has 2 aromatic rings. The molecule has 0 spiro atoms. The predicted molar refractivity (Wildman–Crippen MR) is 60.3 cm³/mol. The van der Waals surface area contributed by atoms with Crippen molar-refractivity contribution in [3.8, 4) is 0 Å². The van der Waals surface area contributed by atoms with Crippen molar-refractivity contribution in [2.75, 3.05) is 18.2 Å². The van der Waals surface area contributed by atoms with Crippen LogP contribution in [0.25, 0.3) is 11.1 Å². The Morgan fingerprint density at radius 3 is 3.06 bits per heavy atom. The van der Waals surface area contributed by atoms with Crippen LogP contribution in [0.3, 0.4) is 0 Å². The Hall–Kier alpha value is -1.43. The van der Waals surface area contributed by atoms with Gasteiger partial charge in [-0.1, -0.05) is 0 Å². The SMILES string of the molecule is Nc1ccc2oc(S(=O)CCCF)nc2c1. The maximum Gasteiger partial charge on any atom is 0.287 e. The van der Waals surface area contributed by atoms with Gasteiger partial charge in [0.25, 0.3) is 5.22 Å². The first kappa shape index (κ1) is 11.1. The lowest BCUT2D eigenvalue weighted by molar-refractivity contribution is 0.470. The number of nitrogen functional groups attached to an aromatic ring is 1. The van der Waals surface area contributed by atoms with Crippen molar-refractivity contribution in [3.05, 3.63) is 18.2 Å². The number of halogens is 1. The van der Waals surface area contributed by atoms with E-state index in [1.807, 2.05) is 0 Å². The molecule has 0 fully saturated rings. The molecule has 0 saturated carbocycles. The average Bonchev–Trinajstić information content (AvgIpc) is 2.68. The van der Waals surface area contributed by atoms with Gasteiger partial charge in [0.2, 0.25) is 0 Å². The monoisotopic (exact) mass is 242 g/mol. The van der Waals surface area contributed by atoms with Crippen molar-refractivity contribution in [2.24, 2.45) is 0 Å². The number of aromatic nitrogens is 1. The molecule has 0 aliphatic heterocycles. The fourth-order valence-electron chi connectivity index (χ4n) is 1.29. The minimum Gasteiger partial charge on any atom is -0.430 e. The number of nitrogens with two attached hydrogens (primary N) is 1. The van der Waals surface area contributed by atoms with Crippen molar-refractivity contribution in [3.63, 3.8) is 0 Å². The van der Waals surface area contributed by atoms with Gasteiger partial charge in [0.05, 0.1) is 6.67 Å². The molecule has 0 saturated heterocycles. The molecule has 16 heavy (non-hydrogen) atoms. The highest BCUT2D eigenvalue weighted by molar-refractivity contribution is 7.84. The van der Waals surface area contributed by atoms with Gasteiger partial charge in [0, 0.05) is 11.4 Å². The van der Waals surface area contributed by atoms with Gasteiger partial charge in [0.15, 0.2) is 5.58 Å². The summed E-state index contributed by atoms with van der Waals surface area (Å²) in [7, 11) is -1.38. The Kier molecular flexibility index (Phi) is 3.19.